The number of halogens is 2. The Hall–Kier alpha value is -1.54. The van der Waals surface area contributed by atoms with E-state index in [1.807, 2.05) is 4.57 Å². The smallest absolute Gasteiger partial charge is 0.341 e. The Morgan fingerprint density at radius 3 is 2.89 bits per heavy atom. The number of fused-ring (bicyclic) bond motifs is 3. The summed E-state index contributed by atoms with van der Waals surface area (Å²) in [4.78, 5) is 3.80. The van der Waals surface area contributed by atoms with Crippen molar-refractivity contribution in [1.82, 2.24) is 9.55 Å². The van der Waals surface area contributed by atoms with E-state index in [1.165, 1.54) is 18.2 Å². The van der Waals surface area contributed by atoms with Gasteiger partial charge in [-0.2, -0.15) is 8.78 Å². The van der Waals surface area contributed by atoms with Gasteiger partial charge in [0.25, 0.3) is 0 Å². The Kier molecular flexibility index (Phi) is 2.79. The van der Waals surface area contributed by atoms with Crippen LogP contribution >= 0.6 is 0 Å². The molecule has 0 spiro atoms. The fraction of sp³-hybridized carbons (Fsp3) is 0.364. The monoisotopic (exact) mass is 288 g/mol. The Morgan fingerprint density at radius 2 is 2.16 bits per heavy atom. The minimum Gasteiger partial charge on any atom is -0.372 e. The molecular formula is C11H10F2N2O3S. The van der Waals surface area contributed by atoms with E-state index < -0.39 is 20.5 Å². The number of benzene rings is 1. The summed E-state index contributed by atoms with van der Waals surface area (Å²) in [5.74, 6) is -2.75. The highest BCUT2D eigenvalue weighted by atomic mass is 32.2. The van der Waals surface area contributed by atoms with Gasteiger partial charge in [-0.05, 0) is 18.2 Å². The van der Waals surface area contributed by atoms with Crippen molar-refractivity contribution in [2.24, 2.45) is 0 Å². The number of rotatable bonds is 2. The van der Waals surface area contributed by atoms with E-state index in [-0.39, 0.29) is 0 Å². The average Bonchev–Trinajstić information content (AvgIpc) is 2.75. The molecule has 0 bridgehead atoms. The fourth-order valence-corrected chi connectivity index (χ4v) is 2.86. The van der Waals surface area contributed by atoms with Gasteiger partial charge in [-0.15, -0.1) is 0 Å². The van der Waals surface area contributed by atoms with Crippen LogP contribution in [0.3, 0.4) is 0 Å². The molecule has 0 N–H and O–H groups in total. The van der Waals surface area contributed by atoms with Crippen LogP contribution in [0.25, 0.3) is 11.0 Å². The molecule has 0 amide bonds. The second kappa shape index (κ2) is 4.24. The lowest BCUT2D eigenvalue weighted by atomic mass is 10.3. The lowest BCUT2D eigenvalue weighted by Crippen LogP contribution is -2.16. The zero-order valence-electron chi connectivity index (χ0n) is 9.71. The van der Waals surface area contributed by atoms with Gasteiger partial charge in [0, 0.05) is 6.54 Å². The van der Waals surface area contributed by atoms with Gasteiger partial charge in [0.1, 0.15) is 12.4 Å². The normalized spacial score (nSPS) is 15.9. The molecule has 1 aromatic carbocycles. The molecule has 0 fully saturated rings. The number of hydrogen-bond acceptors (Lipinski definition) is 4. The molecule has 0 radical (unpaired) electrons. The molecule has 2 heterocycles. The molecule has 0 saturated heterocycles. The maximum Gasteiger partial charge on any atom is 0.341 e. The van der Waals surface area contributed by atoms with Crippen molar-refractivity contribution in [2.75, 3.05) is 6.61 Å². The van der Waals surface area contributed by atoms with Gasteiger partial charge in [-0.25, -0.2) is 13.4 Å². The summed E-state index contributed by atoms with van der Waals surface area (Å²) < 4.78 is 54.9. The summed E-state index contributed by atoms with van der Waals surface area (Å²) in [6, 6.07) is 3.88. The van der Waals surface area contributed by atoms with Gasteiger partial charge in [0.05, 0.1) is 22.5 Å². The second-order valence-corrected chi connectivity index (χ2v) is 6.11. The van der Waals surface area contributed by atoms with Crippen LogP contribution in [-0.4, -0.2) is 30.3 Å². The predicted molar refractivity (Wildman–Crippen MR) is 62.6 cm³/mol. The third-order valence-electron chi connectivity index (χ3n) is 3.05. The first-order chi connectivity index (χ1) is 9.00. The molecule has 0 atom stereocenters. The molecule has 1 aliphatic rings. The van der Waals surface area contributed by atoms with Crippen molar-refractivity contribution >= 4 is 20.9 Å². The number of nitrogens with zero attached hydrogens (tertiary/aromatic N) is 2. The standard InChI is InChI=1S/C11H10F2N2O3S/c12-11(13)19(16,17)7-1-2-9-8(5-7)14-10-6-18-4-3-15(9)10/h1-2,5,11H,3-4,6H2. The largest absolute Gasteiger partial charge is 0.372 e. The average molecular weight is 288 g/mol. The van der Waals surface area contributed by atoms with Crippen LogP contribution in [-0.2, 0) is 27.7 Å². The number of sulfone groups is 1. The quantitative estimate of drug-likeness (QED) is 0.841. The number of aromatic nitrogens is 2. The summed E-state index contributed by atoms with van der Waals surface area (Å²) >= 11 is 0. The Morgan fingerprint density at radius 1 is 1.37 bits per heavy atom. The number of hydrogen-bond donors (Lipinski definition) is 0. The molecule has 2 aromatic rings. The maximum atomic E-state index is 12.5. The first kappa shape index (κ1) is 12.5. The topological polar surface area (TPSA) is 61.2 Å². The van der Waals surface area contributed by atoms with Crippen molar-refractivity contribution in [2.45, 2.75) is 23.8 Å². The lowest BCUT2D eigenvalue weighted by molar-refractivity contribution is 0.0830. The molecule has 1 aliphatic heterocycles. The van der Waals surface area contributed by atoms with Gasteiger partial charge < -0.3 is 9.30 Å². The Balaban J connectivity index is 2.17. The van der Waals surface area contributed by atoms with Crippen molar-refractivity contribution < 1.29 is 21.9 Å². The van der Waals surface area contributed by atoms with Gasteiger partial charge in [-0.3, -0.25) is 0 Å². The van der Waals surface area contributed by atoms with Gasteiger partial charge in [-0.1, -0.05) is 0 Å². The Bertz CT molecular complexity index is 740. The second-order valence-electron chi connectivity index (χ2n) is 4.19. The zero-order valence-corrected chi connectivity index (χ0v) is 10.5. The molecule has 3 rings (SSSR count). The van der Waals surface area contributed by atoms with E-state index in [4.69, 9.17) is 4.74 Å². The molecule has 8 heteroatoms. The highest BCUT2D eigenvalue weighted by molar-refractivity contribution is 7.91. The third-order valence-corrected chi connectivity index (χ3v) is 4.43. The van der Waals surface area contributed by atoms with Crippen LogP contribution in [0.1, 0.15) is 5.82 Å². The first-order valence-electron chi connectivity index (χ1n) is 5.59. The van der Waals surface area contributed by atoms with E-state index in [0.717, 1.165) is 5.52 Å². The third kappa shape index (κ3) is 1.91. The van der Waals surface area contributed by atoms with Crippen LogP contribution in [0.15, 0.2) is 23.1 Å². The van der Waals surface area contributed by atoms with E-state index in [2.05, 4.69) is 4.98 Å². The van der Waals surface area contributed by atoms with Crippen LogP contribution in [0.4, 0.5) is 8.78 Å². The number of ether oxygens (including phenoxy) is 1. The summed E-state index contributed by atoms with van der Waals surface area (Å²) in [6.45, 7) is 1.51. The minimum atomic E-state index is -4.58. The SMILES string of the molecule is O=S(=O)(c1ccc2c(c1)nc1n2CCOC1)C(F)F. The summed E-state index contributed by atoms with van der Waals surface area (Å²) in [7, 11) is -4.58. The molecule has 102 valence electrons. The molecule has 5 nitrogen and oxygen atoms in total. The van der Waals surface area contributed by atoms with Crippen molar-refractivity contribution in [3.63, 3.8) is 0 Å². The van der Waals surface area contributed by atoms with Gasteiger partial charge >= 0.3 is 5.76 Å². The molecule has 0 unspecified atom stereocenters. The molecular weight excluding hydrogens is 278 g/mol. The molecule has 0 saturated carbocycles. The maximum absolute atomic E-state index is 12.5. The van der Waals surface area contributed by atoms with E-state index in [0.29, 0.717) is 31.1 Å². The predicted octanol–water partition coefficient (Wildman–Crippen LogP) is 1.56. The van der Waals surface area contributed by atoms with Crippen LogP contribution in [0, 0.1) is 0 Å². The van der Waals surface area contributed by atoms with Crippen molar-refractivity contribution in [1.29, 1.82) is 0 Å². The van der Waals surface area contributed by atoms with Crippen molar-refractivity contribution in [3.8, 4) is 0 Å². The lowest BCUT2D eigenvalue weighted by Gasteiger charge is -2.14. The molecule has 1 aromatic heterocycles. The van der Waals surface area contributed by atoms with Crippen molar-refractivity contribution in [3.05, 3.63) is 24.0 Å². The summed E-state index contributed by atoms with van der Waals surface area (Å²) in [5.41, 5.74) is 1.12. The fourth-order valence-electron chi connectivity index (χ4n) is 2.12. The highest BCUT2D eigenvalue weighted by Crippen LogP contribution is 2.25. The van der Waals surface area contributed by atoms with E-state index >= 15 is 0 Å². The Labute approximate surface area is 107 Å². The number of alkyl halides is 2. The first-order valence-corrected chi connectivity index (χ1v) is 7.14. The van der Waals surface area contributed by atoms with Crippen LogP contribution in [0.5, 0.6) is 0 Å². The van der Waals surface area contributed by atoms with E-state index in [9.17, 15) is 17.2 Å². The number of imidazole rings is 1. The summed E-state index contributed by atoms with van der Waals surface area (Å²) in [5, 5.41) is 0. The summed E-state index contributed by atoms with van der Waals surface area (Å²) in [6.07, 6.45) is 0. The molecule has 19 heavy (non-hydrogen) atoms. The van der Waals surface area contributed by atoms with Crippen LogP contribution in [0.2, 0.25) is 0 Å². The van der Waals surface area contributed by atoms with Gasteiger partial charge in [0.15, 0.2) is 0 Å². The minimum absolute atomic E-state index is 0.339. The highest BCUT2D eigenvalue weighted by Gasteiger charge is 2.27. The molecule has 0 aliphatic carbocycles. The van der Waals surface area contributed by atoms with Crippen LogP contribution < -0.4 is 0 Å². The van der Waals surface area contributed by atoms with Gasteiger partial charge in [0.2, 0.25) is 9.84 Å². The van der Waals surface area contributed by atoms with E-state index in [1.54, 1.807) is 0 Å². The zero-order chi connectivity index (χ0) is 13.6.